The molecular formula is C18H33IN4O2. The molecule has 1 aromatic rings. The summed E-state index contributed by atoms with van der Waals surface area (Å²) in [5.74, 6) is 2.44. The third-order valence-electron chi connectivity index (χ3n) is 4.07. The van der Waals surface area contributed by atoms with Gasteiger partial charge in [0.1, 0.15) is 0 Å². The first-order valence-corrected chi connectivity index (χ1v) is 8.36. The highest BCUT2D eigenvalue weighted by Gasteiger charge is 2.08. The summed E-state index contributed by atoms with van der Waals surface area (Å²) in [4.78, 5) is 8.76. The second-order valence-electron chi connectivity index (χ2n) is 5.73. The molecule has 0 atom stereocenters. The molecule has 0 aromatic heterocycles. The standard InChI is InChI=1S/C18H32N4O2.HI/c1-7-21(3)13-11-20-18(19-2)22(4)12-10-15-8-9-16(23-5)17(14-15)24-6;/h8-9,14H,7,10-13H2,1-6H3,(H,19,20);1H. The van der Waals surface area contributed by atoms with Crippen LogP contribution in [0.2, 0.25) is 0 Å². The lowest BCUT2D eigenvalue weighted by Gasteiger charge is -2.23. The Morgan fingerprint density at radius 3 is 2.36 bits per heavy atom. The number of likely N-dealkylation sites (N-methyl/N-ethyl adjacent to an activating group) is 2. The molecule has 0 unspecified atom stereocenters. The van der Waals surface area contributed by atoms with E-state index in [0.717, 1.165) is 50.1 Å². The Kier molecular flexibility index (Phi) is 12.4. The van der Waals surface area contributed by atoms with Crippen molar-refractivity contribution in [2.75, 3.05) is 61.5 Å². The van der Waals surface area contributed by atoms with Crippen molar-refractivity contribution in [3.8, 4) is 11.5 Å². The topological polar surface area (TPSA) is 49.3 Å². The fourth-order valence-electron chi connectivity index (χ4n) is 2.34. The summed E-state index contributed by atoms with van der Waals surface area (Å²) < 4.78 is 10.6. The van der Waals surface area contributed by atoms with E-state index in [4.69, 9.17) is 9.47 Å². The van der Waals surface area contributed by atoms with Gasteiger partial charge in [0.25, 0.3) is 0 Å². The number of aliphatic imine (C=N–C) groups is 1. The molecule has 0 aliphatic heterocycles. The molecule has 0 amide bonds. The highest BCUT2D eigenvalue weighted by Crippen LogP contribution is 2.27. The molecule has 0 aliphatic rings. The zero-order chi connectivity index (χ0) is 17.9. The maximum absolute atomic E-state index is 5.36. The van der Waals surface area contributed by atoms with Crippen LogP contribution in [0.25, 0.3) is 0 Å². The van der Waals surface area contributed by atoms with Crippen LogP contribution in [0.15, 0.2) is 23.2 Å². The van der Waals surface area contributed by atoms with E-state index in [-0.39, 0.29) is 24.0 Å². The molecule has 1 N–H and O–H groups in total. The van der Waals surface area contributed by atoms with Gasteiger partial charge in [0.05, 0.1) is 14.2 Å². The largest absolute Gasteiger partial charge is 0.493 e. The third kappa shape index (κ3) is 8.13. The first-order valence-electron chi connectivity index (χ1n) is 8.36. The second kappa shape index (κ2) is 13.0. The minimum absolute atomic E-state index is 0. The molecule has 1 aromatic carbocycles. The van der Waals surface area contributed by atoms with Crippen LogP contribution in [-0.2, 0) is 6.42 Å². The Bertz CT molecular complexity index is 526. The van der Waals surface area contributed by atoms with Gasteiger partial charge in [0.15, 0.2) is 17.5 Å². The number of hydrogen-bond acceptors (Lipinski definition) is 4. The Hall–Kier alpha value is -1.22. The van der Waals surface area contributed by atoms with Gasteiger partial charge in [-0.15, -0.1) is 24.0 Å². The maximum atomic E-state index is 5.36. The molecule has 6 nitrogen and oxygen atoms in total. The van der Waals surface area contributed by atoms with Gasteiger partial charge in [-0.25, -0.2) is 0 Å². The molecule has 1 rings (SSSR count). The molecule has 25 heavy (non-hydrogen) atoms. The Morgan fingerprint density at radius 2 is 1.80 bits per heavy atom. The maximum Gasteiger partial charge on any atom is 0.193 e. The third-order valence-corrected chi connectivity index (χ3v) is 4.07. The molecular weight excluding hydrogens is 431 g/mol. The lowest BCUT2D eigenvalue weighted by Crippen LogP contribution is -2.42. The zero-order valence-electron chi connectivity index (χ0n) is 16.3. The van der Waals surface area contributed by atoms with E-state index in [1.807, 2.05) is 19.2 Å². The van der Waals surface area contributed by atoms with Crippen LogP contribution in [0.4, 0.5) is 0 Å². The first-order chi connectivity index (χ1) is 11.5. The quantitative estimate of drug-likeness (QED) is 0.346. The number of ether oxygens (including phenoxy) is 2. The van der Waals surface area contributed by atoms with Gasteiger partial charge in [0, 0.05) is 33.7 Å². The molecule has 7 heteroatoms. The fraction of sp³-hybridized carbons (Fsp3) is 0.611. The summed E-state index contributed by atoms with van der Waals surface area (Å²) in [7, 11) is 9.30. The predicted octanol–water partition coefficient (Wildman–Crippen LogP) is 2.32. The minimum Gasteiger partial charge on any atom is -0.493 e. The summed E-state index contributed by atoms with van der Waals surface area (Å²) in [5.41, 5.74) is 1.21. The van der Waals surface area contributed by atoms with Crippen molar-refractivity contribution in [2.45, 2.75) is 13.3 Å². The van der Waals surface area contributed by atoms with Crippen LogP contribution in [0.1, 0.15) is 12.5 Å². The fourth-order valence-corrected chi connectivity index (χ4v) is 2.34. The molecule has 0 radical (unpaired) electrons. The number of halogens is 1. The summed E-state index contributed by atoms with van der Waals surface area (Å²) in [6.07, 6.45) is 0.909. The predicted molar refractivity (Wildman–Crippen MR) is 116 cm³/mol. The number of nitrogens with zero attached hydrogens (tertiary/aromatic N) is 3. The summed E-state index contributed by atoms with van der Waals surface area (Å²) in [6.45, 7) is 5.97. The lowest BCUT2D eigenvalue weighted by atomic mass is 10.1. The molecule has 0 bridgehead atoms. The van der Waals surface area contributed by atoms with Crippen molar-refractivity contribution in [3.63, 3.8) is 0 Å². The van der Waals surface area contributed by atoms with Crippen molar-refractivity contribution >= 4 is 29.9 Å². The van der Waals surface area contributed by atoms with Crippen LogP contribution in [0, 0.1) is 0 Å². The van der Waals surface area contributed by atoms with Gasteiger partial charge in [-0.1, -0.05) is 13.0 Å². The van der Waals surface area contributed by atoms with Gasteiger partial charge >= 0.3 is 0 Å². The van der Waals surface area contributed by atoms with E-state index < -0.39 is 0 Å². The van der Waals surface area contributed by atoms with E-state index >= 15 is 0 Å². The smallest absolute Gasteiger partial charge is 0.193 e. The highest BCUT2D eigenvalue weighted by molar-refractivity contribution is 14.0. The van der Waals surface area contributed by atoms with Crippen molar-refractivity contribution in [3.05, 3.63) is 23.8 Å². The normalized spacial score (nSPS) is 11.1. The summed E-state index contributed by atoms with van der Waals surface area (Å²) in [6, 6.07) is 6.04. The number of hydrogen-bond donors (Lipinski definition) is 1. The van der Waals surface area contributed by atoms with Gasteiger partial charge in [-0.3, -0.25) is 4.99 Å². The lowest BCUT2D eigenvalue weighted by molar-refractivity contribution is 0.353. The Labute approximate surface area is 169 Å². The van der Waals surface area contributed by atoms with E-state index in [1.165, 1.54) is 5.56 Å². The number of nitrogens with one attached hydrogen (secondary N) is 1. The van der Waals surface area contributed by atoms with Crippen LogP contribution < -0.4 is 14.8 Å². The van der Waals surface area contributed by atoms with Crippen LogP contribution in [-0.4, -0.2) is 77.3 Å². The highest BCUT2D eigenvalue weighted by atomic mass is 127. The summed E-state index contributed by atoms with van der Waals surface area (Å²) >= 11 is 0. The molecule has 0 saturated carbocycles. The van der Waals surface area contributed by atoms with Crippen molar-refractivity contribution < 1.29 is 9.47 Å². The van der Waals surface area contributed by atoms with Crippen molar-refractivity contribution in [1.29, 1.82) is 0 Å². The molecule has 0 spiro atoms. The molecule has 0 fully saturated rings. The Balaban J connectivity index is 0.00000576. The van der Waals surface area contributed by atoms with Gasteiger partial charge in [0.2, 0.25) is 0 Å². The number of methoxy groups -OCH3 is 2. The van der Waals surface area contributed by atoms with Gasteiger partial charge < -0.3 is 24.6 Å². The molecule has 0 saturated heterocycles. The molecule has 0 heterocycles. The van der Waals surface area contributed by atoms with Gasteiger partial charge in [-0.05, 0) is 37.7 Å². The average Bonchev–Trinajstić information content (AvgIpc) is 2.62. The van der Waals surface area contributed by atoms with Gasteiger partial charge in [-0.2, -0.15) is 0 Å². The number of rotatable bonds is 9. The monoisotopic (exact) mass is 464 g/mol. The first kappa shape index (κ1) is 23.8. The van der Waals surface area contributed by atoms with Crippen LogP contribution in [0.3, 0.4) is 0 Å². The second-order valence-corrected chi connectivity index (χ2v) is 5.73. The van der Waals surface area contributed by atoms with E-state index in [1.54, 1.807) is 14.2 Å². The Morgan fingerprint density at radius 1 is 1.12 bits per heavy atom. The number of guanidine groups is 1. The van der Waals surface area contributed by atoms with E-state index in [9.17, 15) is 0 Å². The van der Waals surface area contributed by atoms with E-state index in [0.29, 0.717) is 0 Å². The SMILES string of the molecule is CCN(C)CCNC(=NC)N(C)CCc1ccc(OC)c(OC)c1.I. The molecule has 0 aliphatic carbocycles. The van der Waals surface area contributed by atoms with Crippen molar-refractivity contribution in [2.24, 2.45) is 4.99 Å². The van der Waals surface area contributed by atoms with Crippen LogP contribution in [0.5, 0.6) is 11.5 Å². The van der Waals surface area contributed by atoms with E-state index in [2.05, 4.69) is 47.2 Å². The zero-order valence-corrected chi connectivity index (χ0v) is 18.7. The van der Waals surface area contributed by atoms with Crippen LogP contribution >= 0.6 is 24.0 Å². The minimum atomic E-state index is 0. The van der Waals surface area contributed by atoms with Crippen molar-refractivity contribution in [1.82, 2.24) is 15.1 Å². The number of benzene rings is 1. The molecule has 144 valence electrons. The average molecular weight is 464 g/mol. The summed E-state index contributed by atoms with van der Waals surface area (Å²) in [5, 5.41) is 3.40.